The summed E-state index contributed by atoms with van der Waals surface area (Å²) in [5.41, 5.74) is 7.05. The zero-order chi connectivity index (χ0) is 28.0. The molecule has 5 aromatic carbocycles. The van der Waals surface area contributed by atoms with Crippen molar-refractivity contribution in [1.82, 2.24) is 4.57 Å². The van der Waals surface area contributed by atoms with E-state index in [2.05, 4.69) is 6.07 Å². The van der Waals surface area contributed by atoms with Crippen LogP contribution in [0.2, 0.25) is 0 Å². The Morgan fingerprint density at radius 1 is 0.561 bits per heavy atom. The third kappa shape index (κ3) is 3.53. The number of para-hydroxylation sites is 1. The van der Waals surface area contributed by atoms with E-state index >= 15 is 0 Å². The molecule has 200 valence electrons. The third-order valence-electron chi connectivity index (χ3n) is 8.22. The maximum atomic E-state index is 13.8. The summed E-state index contributed by atoms with van der Waals surface area (Å²) in [6.45, 7) is 3.94. The van der Waals surface area contributed by atoms with Crippen LogP contribution < -0.4 is 0 Å². The molecule has 0 saturated heterocycles. The molecule has 8 rings (SSSR count). The van der Waals surface area contributed by atoms with Crippen LogP contribution in [0.5, 0.6) is 0 Å². The summed E-state index contributed by atoms with van der Waals surface area (Å²) < 4.78 is 55.4. The lowest BCUT2D eigenvalue weighted by Crippen LogP contribution is -2.04. The monoisotopic (exact) mass is 545 g/mol. The van der Waals surface area contributed by atoms with Crippen LogP contribution in [0.1, 0.15) is 16.9 Å². The van der Waals surface area contributed by atoms with Crippen LogP contribution >= 0.6 is 0 Å². The van der Waals surface area contributed by atoms with Gasteiger partial charge in [0.05, 0.1) is 16.6 Å². The molecule has 0 amide bonds. The topological polar surface area (TPSA) is 31.2 Å². The molecule has 0 spiro atoms. The van der Waals surface area contributed by atoms with E-state index < -0.39 is 11.7 Å². The van der Waals surface area contributed by atoms with Gasteiger partial charge in [0.15, 0.2) is 0 Å². The van der Waals surface area contributed by atoms with Crippen molar-refractivity contribution >= 4 is 54.7 Å². The molecule has 0 atom stereocenters. The van der Waals surface area contributed by atoms with Gasteiger partial charge in [-0.15, -0.1) is 0 Å². The minimum absolute atomic E-state index is 0.548. The number of aromatic nitrogens is 1. The molecule has 0 radical (unpaired) electrons. The number of benzene rings is 5. The number of nitrogens with zero attached hydrogens (tertiary/aromatic N) is 1. The summed E-state index contributed by atoms with van der Waals surface area (Å²) in [5.74, 6) is 0.848. The molecule has 3 nitrogen and oxygen atoms in total. The smallest absolute Gasteiger partial charge is 0.416 e. The first-order valence-corrected chi connectivity index (χ1v) is 13.3. The van der Waals surface area contributed by atoms with E-state index in [-0.39, 0.29) is 0 Å². The number of hydrogen-bond acceptors (Lipinski definition) is 2. The minimum atomic E-state index is -4.45. The molecule has 41 heavy (non-hydrogen) atoms. The molecule has 0 aliphatic rings. The molecule has 0 aliphatic carbocycles. The Morgan fingerprint density at radius 3 is 2.00 bits per heavy atom. The lowest BCUT2D eigenvalue weighted by molar-refractivity contribution is -0.137. The molecule has 3 heterocycles. The van der Waals surface area contributed by atoms with Gasteiger partial charge in [0.1, 0.15) is 22.5 Å². The van der Waals surface area contributed by atoms with Gasteiger partial charge in [-0.1, -0.05) is 30.3 Å². The molecule has 8 aromatic rings. The number of furan rings is 2. The number of fused-ring (bicyclic) bond motifs is 7. The Bertz CT molecular complexity index is 2330. The van der Waals surface area contributed by atoms with Gasteiger partial charge in [-0.25, -0.2) is 0 Å². The molecule has 0 bridgehead atoms. The maximum absolute atomic E-state index is 13.8. The molecule has 0 saturated carbocycles. The van der Waals surface area contributed by atoms with Crippen LogP contribution in [0.3, 0.4) is 0 Å². The van der Waals surface area contributed by atoms with Crippen LogP contribution in [0.4, 0.5) is 13.2 Å². The Labute approximate surface area is 232 Å². The van der Waals surface area contributed by atoms with Gasteiger partial charge in [-0.2, -0.15) is 13.2 Å². The van der Waals surface area contributed by atoms with Crippen molar-refractivity contribution in [2.75, 3.05) is 0 Å². The lowest BCUT2D eigenvalue weighted by Gasteiger charge is -2.10. The van der Waals surface area contributed by atoms with Crippen LogP contribution in [-0.2, 0) is 6.18 Å². The molecular formula is C35H22F3NO2. The number of alkyl halides is 3. The van der Waals surface area contributed by atoms with Crippen molar-refractivity contribution in [3.63, 3.8) is 0 Å². The van der Waals surface area contributed by atoms with Gasteiger partial charge in [0.2, 0.25) is 0 Å². The first-order chi connectivity index (χ1) is 19.8. The highest BCUT2D eigenvalue weighted by Gasteiger charge is 2.31. The summed E-state index contributed by atoms with van der Waals surface area (Å²) in [6, 6.07) is 29.8. The van der Waals surface area contributed by atoms with Crippen LogP contribution in [0, 0.1) is 13.8 Å². The summed E-state index contributed by atoms with van der Waals surface area (Å²) in [6.07, 6.45) is -4.45. The molecule has 3 aromatic heterocycles. The van der Waals surface area contributed by atoms with Crippen LogP contribution in [0.15, 0.2) is 106 Å². The Kier molecular flexibility index (Phi) is 4.82. The van der Waals surface area contributed by atoms with Crippen molar-refractivity contribution in [1.29, 1.82) is 0 Å². The largest absolute Gasteiger partial charge is 0.461 e. The zero-order valence-electron chi connectivity index (χ0n) is 22.1. The standard InChI is InChI=1S/C35H22F3NO2/c1-19-20(2)40-33-14-10-24(18-26(19)33)39-30-11-7-21(15-27(30)28-17-23(35(36,37)38)9-12-31(28)39)22-8-13-34-29(16-22)25-5-3-4-6-32(25)41-34/h3-18H,1-2H3. The molecule has 0 unspecified atom stereocenters. The summed E-state index contributed by atoms with van der Waals surface area (Å²) >= 11 is 0. The lowest BCUT2D eigenvalue weighted by atomic mass is 10.00. The van der Waals surface area contributed by atoms with E-state index in [4.69, 9.17) is 8.83 Å². The van der Waals surface area contributed by atoms with E-state index in [1.54, 1.807) is 6.07 Å². The number of rotatable bonds is 2. The van der Waals surface area contributed by atoms with Crippen molar-refractivity contribution in [3.8, 4) is 16.8 Å². The van der Waals surface area contributed by atoms with Crippen LogP contribution in [0.25, 0.3) is 71.5 Å². The van der Waals surface area contributed by atoms with Crippen LogP contribution in [-0.4, -0.2) is 4.57 Å². The molecule has 0 aliphatic heterocycles. The fourth-order valence-electron chi connectivity index (χ4n) is 6.03. The van der Waals surface area contributed by atoms with E-state index in [1.165, 1.54) is 6.07 Å². The predicted octanol–water partition coefficient (Wildman–Crippen LogP) is 10.7. The second-order valence-corrected chi connectivity index (χ2v) is 10.6. The third-order valence-corrected chi connectivity index (χ3v) is 8.22. The molecule has 0 N–H and O–H groups in total. The zero-order valence-corrected chi connectivity index (χ0v) is 22.1. The summed E-state index contributed by atoms with van der Waals surface area (Å²) in [4.78, 5) is 0. The average Bonchev–Trinajstić information content (AvgIpc) is 3.60. The summed E-state index contributed by atoms with van der Waals surface area (Å²) in [7, 11) is 0. The fraction of sp³-hybridized carbons (Fsp3) is 0.0857. The Morgan fingerprint density at radius 2 is 1.20 bits per heavy atom. The molecule has 6 heteroatoms. The van der Waals surface area contributed by atoms with E-state index in [9.17, 15) is 13.2 Å². The normalized spacial score (nSPS) is 12.5. The second-order valence-electron chi connectivity index (χ2n) is 10.6. The van der Waals surface area contributed by atoms with Crippen molar-refractivity contribution in [2.45, 2.75) is 20.0 Å². The first-order valence-electron chi connectivity index (χ1n) is 13.3. The molecule has 0 fully saturated rings. The van der Waals surface area contributed by atoms with Gasteiger partial charge >= 0.3 is 6.18 Å². The average molecular weight is 546 g/mol. The van der Waals surface area contributed by atoms with Gasteiger partial charge in [0, 0.05) is 32.6 Å². The highest BCUT2D eigenvalue weighted by molar-refractivity contribution is 6.11. The molecular weight excluding hydrogens is 523 g/mol. The fourth-order valence-corrected chi connectivity index (χ4v) is 6.03. The Hall–Kier alpha value is -4.97. The Balaban J connectivity index is 1.39. The maximum Gasteiger partial charge on any atom is 0.416 e. The van der Waals surface area contributed by atoms with Gasteiger partial charge < -0.3 is 13.4 Å². The van der Waals surface area contributed by atoms with E-state index in [0.717, 1.165) is 78.0 Å². The van der Waals surface area contributed by atoms with Crippen molar-refractivity contribution < 1.29 is 22.0 Å². The van der Waals surface area contributed by atoms with E-state index in [0.29, 0.717) is 10.9 Å². The predicted molar refractivity (Wildman–Crippen MR) is 158 cm³/mol. The van der Waals surface area contributed by atoms with E-state index in [1.807, 2.05) is 91.2 Å². The first kappa shape index (κ1) is 23.9. The van der Waals surface area contributed by atoms with Crippen molar-refractivity contribution in [3.05, 3.63) is 114 Å². The summed E-state index contributed by atoms with van der Waals surface area (Å²) in [5, 5.41) is 4.31. The SMILES string of the molecule is Cc1oc2ccc(-n3c4ccc(-c5ccc6oc7ccccc7c6c5)cc4c4cc(C(F)(F)F)ccc43)cc2c1C. The van der Waals surface area contributed by atoms with Crippen molar-refractivity contribution in [2.24, 2.45) is 0 Å². The number of hydrogen-bond donors (Lipinski definition) is 0. The number of aryl methyl sites for hydroxylation is 2. The van der Waals surface area contributed by atoms with Gasteiger partial charge in [-0.05, 0) is 97.3 Å². The number of halogens is 3. The second kappa shape index (κ2) is 8.27. The van der Waals surface area contributed by atoms with Gasteiger partial charge in [-0.3, -0.25) is 0 Å². The highest BCUT2D eigenvalue weighted by atomic mass is 19.4. The highest BCUT2D eigenvalue weighted by Crippen LogP contribution is 2.40. The quantitative estimate of drug-likeness (QED) is 0.216. The van der Waals surface area contributed by atoms with Gasteiger partial charge in [0.25, 0.3) is 0 Å². The minimum Gasteiger partial charge on any atom is -0.461 e.